The number of aliphatic hydroxyl groups is 1. The van der Waals surface area contributed by atoms with Gasteiger partial charge >= 0.3 is 5.97 Å². The Morgan fingerprint density at radius 2 is 1.73 bits per heavy atom. The lowest BCUT2D eigenvalue weighted by Gasteiger charge is -2.24. The van der Waals surface area contributed by atoms with Crippen molar-refractivity contribution in [1.29, 1.82) is 0 Å². The number of aliphatic carboxylic acids is 1. The predicted molar refractivity (Wildman–Crippen MR) is 111 cm³/mol. The minimum atomic E-state index is -1.36. The molecule has 0 radical (unpaired) electrons. The zero-order valence-corrected chi connectivity index (χ0v) is 16.8. The van der Waals surface area contributed by atoms with Crippen molar-refractivity contribution in [2.45, 2.75) is 50.4 Å². The fourth-order valence-corrected chi connectivity index (χ4v) is 2.63. The van der Waals surface area contributed by atoms with Gasteiger partial charge in [-0.3, -0.25) is 14.6 Å². The summed E-state index contributed by atoms with van der Waals surface area (Å²) in [5.74, 6) is -2.79. The van der Waals surface area contributed by atoms with Crippen molar-refractivity contribution in [2.24, 2.45) is 22.2 Å². The predicted octanol–water partition coefficient (Wildman–Crippen LogP) is -1.95. The third-order valence-corrected chi connectivity index (χ3v) is 4.26. The van der Waals surface area contributed by atoms with Crippen molar-refractivity contribution in [2.75, 3.05) is 6.54 Å². The van der Waals surface area contributed by atoms with Crippen LogP contribution in [0, 0.1) is 0 Å². The van der Waals surface area contributed by atoms with E-state index in [4.69, 9.17) is 17.2 Å². The van der Waals surface area contributed by atoms with E-state index in [0.717, 1.165) is 0 Å². The molecule has 4 atom stereocenters. The number of carboxylic acid groups (broad SMARTS) is 1. The van der Waals surface area contributed by atoms with Gasteiger partial charge in [-0.25, -0.2) is 4.79 Å². The molecule has 10 N–H and O–H groups in total. The molecule has 166 valence electrons. The van der Waals surface area contributed by atoms with Crippen molar-refractivity contribution in [3.63, 3.8) is 0 Å². The summed E-state index contributed by atoms with van der Waals surface area (Å²) >= 11 is 0. The van der Waals surface area contributed by atoms with Crippen molar-refractivity contribution in [3.8, 4) is 0 Å². The lowest BCUT2D eigenvalue weighted by atomic mass is 10.0. The number of aliphatic hydroxyl groups excluding tert-OH is 1. The van der Waals surface area contributed by atoms with Crippen molar-refractivity contribution in [3.05, 3.63) is 35.9 Å². The van der Waals surface area contributed by atoms with E-state index in [1.165, 1.54) is 6.92 Å². The molecule has 11 heteroatoms. The Morgan fingerprint density at radius 3 is 2.27 bits per heavy atom. The van der Waals surface area contributed by atoms with Gasteiger partial charge in [0.05, 0.1) is 12.1 Å². The van der Waals surface area contributed by atoms with Crippen LogP contribution in [-0.2, 0) is 20.8 Å². The zero-order chi connectivity index (χ0) is 22.7. The molecule has 1 aromatic rings. The molecule has 0 aliphatic rings. The highest BCUT2D eigenvalue weighted by molar-refractivity contribution is 5.92. The number of nitrogens with two attached hydrogens (primary N) is 3. The lowest BCUT2D eigenvalue weighted by Crippen LogP contribution is -2.58. The third-order valence-electron chi connectivity index (χ3n) is 4.26. The molecule has 0 aliphatic carbocycles. The summed E-state index contributed by atoms with van der Waals surface area (Å²) in [6, 6.07) is 5.22. The standard InChI is InChI=1S/C19H30N6O5/c1-11(26)15(25-16(27)13(20)8-5-9-23-19(21)22)17(28)24-14(18(29)30)10-12-6-3-2-4-7-12/h2-4,6-7,11,13-15,26H,5,8-10,20H2,1H3,(H,24,28)(H,25,27)(H,29,30)(H4,21,22,23)/t11-,13-,14-,15+/m0/s1. The molecule has 0 saturated heterocycles. The third kappa shape index (κ3) is 8.88. The number of nitrogens with one attached hydrogen (secondary N) is 2. The van der Waals surface area contributed by atoms with Crippen molar-refractivity contribution < 1.29 is 24.6 Å². The Kier molecular flexibility index (Phi) is 10.3. The number of benzene rings is 1. The second kappa shape index (κ2) is 12.4. The molecule has 2 amide bonds. The van der Waals surface area contributed by atoms with Crippen LogP contribution in [0.5, 0.6) is 0 Å². The summed E-state index contributed by atoms with van der Waals surface area (Å²) in [5, 5.41) is 24.1. The maximum atomic E-state index is 12.5. The molecule has 30 heavy (non-hydrogen) atoms. The SMILES string of the molecule is C[C@H](O)[C@@H](NC(=O)[C@@H](N)CCCN=C(N)N)C(=O)N[C@@H](Cc1ccccc1)C(=O)O. The number of amides is 2. The summed E-state index contributed by atoms with van der Waals surface area (Å²) < 4.78 is 0. The van der Waals surface area contributed by atoms with Gasteiger partial charge < -0.3 is 38.0 Å². The molecule has 0 saturated carbocycles. The Labute approximate surface area is 174 Å². The Hall–Kier alpha value is -3.18. The molecule has 1 rings (SSSR count). The van der Waals surface area contributed by atoms with Gasteiger partial charge in [-0.15, -0.1) is 0 Å². The van der Waals surface area contributed by atoms with Gasteiger partial charge in [0.2, 0.25) is 11.8 Å². The molecule has 0 unspecified atom stereocenters. The number of carbonyl (C=O) groups excluding carboxylic acids is 2. The second-order valence-corrected chi connectivity index (χ2v) is 6.87. The average molecular weight is 422 g/mol. The first-order valence-corrected chi connectivity index (χ1v) is 9.48. The molecule has 0 aromatic heterocycles. The largest absolute Gasteiger partial charge is 0.480 e. The Balaban J connectivity index is 2.70. The highest BCUT2D eigenvalue weighted by Crippen LogP contribution is 2.05. The molecule has 0 fully saturated rings. The molecule has 0 bridgehead atoms. The monoisotopic (exact) mass is 422 g/mol. The molecule has 0 spiro atoms. The van der Waals surface area contributed by atoms with Crippen LogP contribution < -0.4 is 27.8 Å². The summed E-state index contributed by atoms with van der Waals surface area (Å²) in [6.45, 7) is 1.60. The number of rotatable bonds is 12. The molecule has 11 nitrogen and oxygen atoms in total. The van der Waals surface area contributed by atoms with E-state index in [9.17, 15) is 24.6 Å². The van der Waals surface area contributed by atoms with Crippen LogP contribution in [0.4, 0.5) is 0 Å². The fraction of sp³-hybridized carbons (Fsp3) is 0.474. The maximum absolute atomic E-state index is 12.5. The number of hydrogen-bond acceptors (Lipinski definition) is 6. The molecule has 0 aliphatic heterocycles. The number of guanidine groups is 1. The van der Waals surface area contributed by atoms with Crippen LogP contribution in [0.1, 0.15) is 25.3 Å². The first-order chi connectivity index (χ1) is 14.1. The van der Waals surface area contributed by atoms with Gasteiger partial charge in [0.25, 0.3) is 0 Å². The van der Waals surface area contributed by atoms with E-state index >= 15 is 0 Å². The van der Waals surface area contributed by atoms with Gasteiger partial charge in [0.1, 0.15) is 12.1 Å². The number of aliphatic imine (C=N–C) groups is 1. The summed E-state index contributed by atoms with van der Waals surface area (Å²) in [7, 11) is 0. The summed E-state index contributed by atoms with van der Waals surface area (Å²) in [5.41, 5.74) is 16.9. The topological polar surface area (TPSA) is 206 Å². The zero-order valence-electron chi connectivity index (χ0n) is 16.8. The van der Waals surface area contributed by atoms with E-state index in [2.05, 4.69) is 15.6 Å². The smallest absolute Gasteiger partial charge is 0.326 e. The normalized spacial score (nSPS) is 14.6. The minimum absolute atomic E-state index is 0.0483. The second-order valence-electron chi connectivity index (χ2n) is 6.87. The molecular formula is C19H30N6O5. The van der Waals surface area contributed by atoms with E-state index in [1.807, 2.05) is 0 Å². The number of carbonyl (C=O) groups is 3. The first-order valence-electron chi connectivity index (χ1n) is 9.48. The van der Waals surface area contributed by atoms with Crippen LogP contribution >= 0.6 is 0 Å². The molecule has 1 aromatic carbocycles. The lowest BCUT2D eigenvalue weighted by molar-refractivity contribution is -0.142. The van der Waals surface area contributed by atoms with E-state index in [1.54, 1.807) is 30.3 Å². The summed E-state index contributed by atoms with van der Waals surface area (Å²) in [4.78, 5) is 40.1. The minimum Gasteiger partial charge on any atom is -0.480 e. The van der Waals surface area contributed by atoms with E-state index in [-0.39, 0.29) is 18.8 Å². The average Bonchev–Trinajstić information content (AvgIpc) is 2.68. The van der Waals surface area contributed by atoms with Gasteiger partial charge in [0.15, 0.2) is 5.96 Å². The highest BCUT2D eigenvalue weighted by atomic mass is 16.4. The van der Waals surface area contributed by atoms with Crippen molar-refractivity contribution in [1.82, 2.24) is 10.6 Å². The number of hydrogen-bond donors (Lipinski definition) is 7. The highest BCUT2D eigenvalue weighted by Gasteiger charge is 2.30. The van der Waals surface area contributed by atoms with Gasteiger partial charge in [-0.05, 0) is 25.3 Å². The van der Waals surface area contributed by atoms with Crippen LogP contribution in [0.3, 0.4) is 0 Å². The van der Waals surface area contributed by atoms with Gasteiger partial charge in [-0.2, -0.15) is 0 Å². The van der Waals surface area contributed by atoms with Gasteiger partial charge in [0, 0.05) is 13.0 Å². The quantitative estimate of drug-likeness (QED) is 0.114. The Bertz CT molecular complexity index is 736. The fourth-order valence-electron chi connectivity index (χ4n) is 2.63. The molecule has 0 heterocycles. The molecular weight excluding hydrogens is 392 g/mol. The van der Waals surface area contributed by atoms with E-state index < -0.39 is 42.0 Å². The Morgan fingerprint density at radius 1 is 1.10 bits per heavy atom. The van der Waals surface area contributed by atoms with Crippen molar-refractivity contribution >= 4 is 23.7 Å². The van der Waals surface area contributed by atoms with Crippen LogP contribution in [-0.4, -0.2) is 64.7 Å². The van der Waals surface area contributed by atoms with E-state index in [0.29, 0.717) is 18.5 Å². The van der Waals surface area contributed by atoms with Crippen LogP contribution in [0.15, 0.2) is 35.3 Å². The first kappa shape index (κ1) is 24.9. The number of nitrogens with zero attached hydrogens (tertiary/aromatic N) is 1. The summed E-state index contributed by atoms with van der Waals surface area (Å²) in [6.07, 6.45) is -0.528. The van der Waals surface area contributed by atoms with Gasteiger partial charge in [-0.1, -0.05) is 30.3 Å². The number of carboxylic acids is 1. The van der Waals surface area contributed by atoms with Crippen LogP contribution in [0.25, 0.3) is 0 Å². The maximum Gasteiger partial charge on any atom is 0.326 e. The van der Waals surface area contributed by atoms with Crippen LogP contribution in [0.2, 0.25) is 0 Å².